The van der Waals surface area contributed by atoms with E-state index in [0.29, 0.717) is 0 Å². The highest BCUT2D eigenvalue weighted by molar-refractivity contribution is 7.27. The van der Waals surface area contributed by atoms with Crippen LogP contribution < -0.4 is 9.47 Å². The Bertz CT molecular complexity index is 1050. The van der Waals surface area contributed by atoms with Gasteiger partial charge in [-0.1, -0.05) is 44.4 Å². The molecule has 0 atom stereocenters. The van der Waals surface area contributed by atoms with Gasteiger partial charge in [0.25, 0.3) is 0 Å². The molecule has 3 aromatic heterocycles. The van der Waals surface area contributed by atoms with Crippen LogP contribution in [0, 0.1) is 0 Å². The number of aryl methyl sites for hydroxylation is 1. The number of hydrogen-bond donors (Lipinski definition) is 0. The summed E-state index contributed by atoms with van der Waals surface area (Å²) in [5.74, 6) is 1.96. The summed E-state index contributed by atoms with van der Waals surface area (Å²) < 4.78 is 11.4. The molecule has 0 spiro atoms. The molecular formula is C25H28O2S3. The van der Waals surface area contributed by atoms with E-state index in [4.69, 9.17) is 9.47 Å². The summed E-state index contributed by atoms with van der Waals surface area (Å²) >= 11 is 5.53. The quantitative estimate of drug-likeness (QED) is 0.284. The van der Waals surface area contributed by atoms with E-state index < -0.39 is 0 Å². The smallest absolute Gasteiger partial charge is 0.138 e. The van der Waals surface area contributed by atoms with Crippen molar-refractivity contribution in [3.63, 3.8) is 0 Å². The number of hydrogen-bond acceptors (Lipinski definition) is 5. The Morgan fingerprint density at radius 3 is 2.23 bits per heavy atom. The Labute approximate surface area is 191 Å². The molecule has 0 aliphatic heterocycles. The molecule has 3 heterocycles. The van der Waals surface area contributed by atoms with Gasteiger partial charge in [-0.05, 0) is 49.1 Å². The predicted molar refractivity (Wildman–Crippen MR) is 134 cm³/mol. The lowest BCUT2D eigenvalue weighted by molar-refractivity contribution is 0.418. The first-order valence-electron chi connectivity index (χ1n) is 10.5. The summed E-state index contributed by atoms with van der Waals surface area (Å²) in [5.41, 5.74) is 1.37. The predicted octanol–water partition coefficient (Wildman–Crippen LogP) is 8.69. The van der Waals surface area contributed by atoms with Crippen LogP contribution in [0.5, 0.6) is 11.5 Å². The summed E-state index contributed by atoms with van der Waals surface area (Å²) in [6, 6.07) is 8.86. The van der Waals surface area contributed by atoms with Crippen molar-refractivity contribution >= 4 is 39.6 Å². The molecular weight excluding hydrogens is 428 g/mol. The maximum atomic E-state index is 5.72. The number of rotatable bonds is 10. The van der Waals surface area contributed by atoms with Gasteiger partial charge in [0, 0.05) is 19.5 Å². The zero-order valence-corrected chi connectivity index (χ0v) is 20.3. The molecule has 30 heavy (non-hydrogen) atoms. The number of allylic oxidation sites excluding steroid dienone is 4. The number of ether oxygens (including phenoxy) is 2. The summed E-state index contributed by atoms with van der Waals surface area (Å²) in [4.78, 5) is 7.70. The second kappa shape index (κ2) is 9.99. The minimum Gasteiger partial charge on any atom is -0.495 e. The first-order valence-corrected chi connectivity index (χ1v) is 13.0. The summed E-state index contributed by atoms with van der Waals surface area (Å²) in [6.45, 7) is 2.26. The van der Waals surface area contributed by atoms with Gasteiger partial charge < -0.3 is 9.47 Å². The van der Waals surface area contributed by atoms with Crippen molar-refractivity contribution in [1.29, 1.82) is 0 Å². The van der Waals surface area contributed by atoms with Crippen LogP contribution in [-0.4, -0.2) is 14.2 Å². The minimum absolute atomic E-state index is 0.964. The van der Waals surface area contributed by atoms with Crippen LogP contribution in [0.3, 0.4) is 0 Å². The zero-order valence-electron chi connectivity index (χ0n) is 17.8. The van der Waals surface area contributed by atoms with Crippen molar-refractivity contribution in [2.75, 3.05) is 14.2 Å². The molecule has 0 saturated carbocycles. The molecule has 0 aromatic carbocycles. The van der Waals surface area contributed by atoms with Gasteiger partial charge in [-0.25, -0.2) is 0 Å². The molecule has 1 aliphatic rings. The van der Waals surface area contributed by atoms with Crippen molar-refractivity contribution in [2.24, 2.45) is 0 Å². The van der Waals surface area contributed by atoms with Gasteiger partial charge in [-0.2, -0.15) is 0 Å². The van der Waals surface area contributed by atoms with Crippen molar-refractivity contribution in [3.05, 3.63) is 52.2 Å². The Morgan fingerprint density at radius 1 is 0.833 bits per heavy atom. The average molecular weight is 457 g/mol. The van der Waals surface area contributed by atoms with Crippen molar-refractivity contribution in [2.45, 2.75) is 45.4 Å². The second-order valence-electron chi connectivity index (χ2n) is 7.42. The first-order chi connectivity index (χ1) is 14.7. The van der Waals surface area contributed by atoms with E-state index >= 15 is 0 Å². The van der Waals surface area contributed by atoms with E-state index in [9.17, 15) is 0 Å². The SMILES string of the molecule is CCCCCCc1cc(OC)c(-c2ccc(-c3sc(C4=CC=CC4)cc3OC)s2)s1. The Balaban J connectivity index is 1.58. The van der Waals surface area contributed by atoms with Gasteiger partial charge in [0.05, 0.1) is 24.0 Å². The molecule has 158 valence electrons. The van der Waals surface area contributed by atoms with E-state index in [-0.39, 0.29) is 0 Å². The van der Waals surface area contributed by atoms with Crippen LogP contribution in [0.1, 0.15) is 48.8 Å². The van der Waals surface area contributed by atoms with Crippen LogP contribution in [0.15, 0.2) is 42.5 Å². The van der Waals surface area contributed by atoms with Crippen molar-refractivity contribution in [1.82, 2.24) is 0 Å². The topological polar surface area (TPSA) is 18.5 Å². The van der Waals surface area contributed by atoms with Crippen LogP contribution >= 0.6 is 34.0 Å². The van der Waals surface area contributed by atoms with Crippen LogP contribution in [0.4, 0.5) is 0 Å². The number of thiophene rings is 3. The molecule has 1 aliphatic carbocycles. The highest BCUT2D eigenvalue weighted by atomic mass is 32.1. The van der Waals surface area contributed by atoms with E-state index in [1.54, 1.807) is 14.2 Å². The van der Waals surface area contributed by atoms with Gasteiger partial charge in [0.2, 0.25) is 0 Å². The van der Waals surface area contributed by atoms with E-state index in [1.807, 2.05) is 34.0 Å². The third-order valence-electron chi connectivity index (χ3n) is 5.30. The minimum atomic E-state index is 0.964. The largest absolute Gasteiger partial charge is 0.495 e. The molecule has 0 amide bonds. The third-order valence-corrected chi connectivity index (χ3v) is 9.12. The van der Waals surface area contributed by atoms with Gasteiger partial charge in [0.15, 0.2) is 0 Å². The highest BCUT2D eigenvalue weighted by Gasteiger charge is 2.19. The average Bonchev–Trinajstić information content (AvgIpc) is 3.54. The van der Waals surface area contributed by atoms with Gasteiger partial charge in [-0.15, -0.1) is 34.0 Å². The molecule has 4 rings (SSSR count). The van der Waals surface area contributed by atoms with Crippen LogP contribution in [0.2, 0.25) is 0 Å². The first kappa shape index (κ1) is 21.4. The molecule has 3 aromatic rings. The zero-order chi connectivity index (χ0) is 20.9. The van der Waals surface area contributed by atoms with Gasteiger partial charge in [0.1, 0.15) is 11.5 Å². The third kappa shape index (κ3) is 4.58. The normalized spacial score (nSPS) is 13.1. The lowest BCUT2D eigenvalue weighted by Gasteiger charge is -2.00. The number of methoxy groups -OCH3 is 2. The molecule has 0 radical (unpaired) electrons. The molecule has 0 fully saturated rings. The second-order valence-corrected chi connectivity index (χ2v) is 10.7. The Kier molecular flexibility index (Phi) is 7.13. The van der Waals surface area contributed by atoms with E-state index in [0.717, 1.165) is 24.3 Å². The fourth-order valence-electron chi connectivity index (χ4n) is 3.66. The Morgan fingerprint density at radius 2 is 1.57 bits per heavy atom. The Hall–Kier alpha value is -1.82. The monoisotopic (exact) mass is 456 g/mol. The van der Waals surface area contributed by atoms with Crippen molar-refractivity contribution in [3.8, 4) is 31.0 Å². The summed E-state index contributed by atoms with van der Waals surface area (Å²) in [7, 11) is 3.54. The lowest BCUT2D eigenvalue weighted by atomic mass is 10.1. The summed E-state index contributed by atoms with van der Waals surface area (Å²) in [6.07, 6.45) is 13.8. The fraction of sp³-hybridized carbons (Fsp3) is 0.360. The molecule has 2 nitrogen and oxygen atoms in total. The molecule has 0 unspecified atom stereocenters. The van der Waals surface area contributed by atoms with E-state index in [2.05, 4.69) is 49.4 Å². The lowest BCUT2D eigenvalue weighted by Crippen LogP contribution is -1.82. The van der Waals surface area contributed by atoms with Crippen LogP contribution in [0.25, 0.3) is 25.1 Å². The molecule has 0 saturated heterocycles. The maximum Gasteiger partial charge on any atom is 0.138 e. The highest BCUT2D eigenvalue weighted by Crippen LogP contribution is 2.48. The molecule has 5 heteroatoms. The van der Waals surface area contributed by atoms with Gasteiger partial charge in [-0.3, -0.25) is 0 Å². The number of unbranched alkanes of at least 4 members (excludes halogenated alkanes) is 3. The molecule has 0 bridgehead atoms. The van der Waals surface area contributed by atoms with Crippen molar-refractivity contribution < 1.29 is 9.47 Å². The van der Waals surface area contributed by atoms with Crippen LogP contribution in [-0.2, 0) is 6.42 Å². The van der Waals surface area contributed by atoms with E-state index in [1.165, 1.54) is 60.5 Å². The fourth-order valence-corrected chi connectivity index (χ4v) is 7.22. The summed E-state index contributed by atoms with van der Waals surface area (Å²) in [5, 5.41) is 0. The standard InChI is InChI=1S/C25H28O2S3/c1-4-5-6-7-12-18-15-19(26-2)24(28-18)21-13-14-22(29-21)25-20(27-3)16-23(30-25)17-10-8-9-11-17/h8-10,13-16H,4-7,11-12H2,1-3H3. The van der Waals surface area contributed by atoms with Gasteiger partial charge >= 0.3 is 0 Å². The molecule has 0 N–H and O–H groups in total. The maximum absolute atomic E-state index is 5.72.